The number of likely N-dealkylation sites (N-methyl/N-ethyl adjacent to an activating group) is 1. The molecule has 1 amide bonds. The van der Waals surface area contributed by atoms with E-state index in [1.807, 2.05) is 6.92 Å². The number of ether oxygens (including phenoxy) is 1. The Morgan fingerprint density at radius 2 is 2.00 bits per heavy atom. The van der Waals surface area contributed by atoms with Crippen molar-refractivity contribution >= 4 is 11.9 Å². The van der Waals surface area contributed by atoms with E-state index in [2.05, 4.69) is 5.32 Å². The van der Waals surface area contributed by atoms with E-state index in [4.69, 9.17) is 9.84 Å². The minimum absolute atomic E-state index is 0.0351. The number of carboxylic acids is 1. The molecule has 2 N–H and O–H groups in total. The molecule has 17 heavy (non-hydrogen) atoms. The lowest BCUT2D eigenvalue weighted by molar-refractivity contribution is -0.149. The second-order valence-corrected chi connectivity index (χ2v) is 4.64. The third-order valence-corrected chi connectivity index (χ3v) is 2.68. The van der Waals surface area contributed by atoms with Crippen molar-refractivity contribution in [2.24, 2.45) is 0 Å². The summed E-state index contributed by atoms with van der Waals surface area (Å²) in [6.45, 7) is 5.40. The van der Waals surface area contributed by atoms with Gasteiger partial charge in [-0.3, -0.25) is 14.5 Å². The molecule has 1 atom stereocenters. The van der Waals surface area contributed by atoms with Gasteiger partial charge in [-0.25, -0.2) is 0 Å². The van der Waals surface area contributed by atoms with Crippen molar-refractivity contribution in [2.45, 2.75) is 32.4 Å². The van der Waals surface area contributed by atoms with Crippen LogP contribution in [0.2, 0.25) is 0 Å². The summed E-state index contributed by atoms with van der Waals surface area (Å²) in [5.41, 5.74) is -1.07. The zero-order chi connectivity index (χ0) is 13.6. The Hall–Kier alpha value is -1.14. The first kappa shape index (κ1) is 15.9. The van der Waals surface area contributed by atoms with Crippen molar-refractivity contribution in [3.05, 3.63) is 0 Å². The maximum atomic E-state index is 11.6. The van der Waals surface area contributed by atoms with Crippen molar-refractivity contribution in [2.75, 3.05) is 27.3 Å². The van der Waals surface area contributed by atoms with Gasteiger partial charge in [0.1, 0.15) is 5.54 Å². The van der Waals surface area contributed by atoms with Crippen LogP contribution in [0.1, 0.15) is 20.8 Å². The van der Waals surface area contributed by atoms with Crippen LogP contribution in [-0.4, -0.2) is 60.8 Å². The van der Waals surface area contributed by atoms with Crippen LogP contribution < -0.4 is 5.32 Å². The van der Waals surface area contributed by atoms with Crippen molar-refractivity contribution in [1.29, 1.82) is 0 Å². The SMILES string of the molecule is COCC(C)NC(=O)CN(C)C(C)(C)C(=O)O. The molecule has 0 aromatic carbocycles. The first-order valence-corrected chi connectivity index (χ1v) is 5.44. The van der Waals surface area contributed by atoms with Gasteiger partial charge in [0.15, 0.2) is 0 Å². The number of aliphatic carboxylic acids is 1. The van der Waals surface area contributed by atoms with Gasteiger partial charge in [-0.1, -0.05) is 0 Å². The molecule has 0 radical (unpaired) electrons. The summed E-state index contributed by atoms with van der Waals surface area (Å²) in [6.07, 6.45) is 0. The lowest BCUT2D eigenvalue weighted by Crippen LogP contribution is -2.52. The average molecular weight is 246 g/mol. The summed E-state index contributed by atoms with van der Waals surface area (Å²) in [5.74, 6) is -1.18. The molecular weight excluding hydrogens is 224 g/mol. The molecule has 6 heteroatoms. The monoisotopic (exact) mass is 246 g/mol. The number of hydrogen-bond donors (Lipinski definition) is 2. The molecule has 6 nitrogen and oxygen atoms in total. The topological polar surface area (TPSA) is 78.9 Å². The van der Waals surface area contributed by atoms with Gasteiger partial charge in [-0.2, -0.15) is 0 Å². The molecule has 0 heterocycles. The maximum absolute atomic E-state index is 11.6. The lowest BCUT2D eigenvalue weighted by atomic mass is 10.0. The van der Waals surface area contributed by atoms with E-state index in [0.717, 1.165) is 0 Å². The Balaban J connectivity index is 4.25. The molecule has 0 aromatic heterocycles. The fourth-order valence-corrected chi connectivity index (χ4v) is 1.19. The minimum Gasteiger partial charge on any atom is -0.480 e. The standard InChI is InChI=1S/C11H22N2O4/c1-8(7-17-5)12-9(14)6-13(4)11(2,3)10(15)16/h8H,6-7H2,1-5H3,(H,12,14)(H,15,16). The number of carbonyl (C=O) groups is 2. The number of carbonyl (C=O) groups excluding carboxylic acids is 1. The van der Waals surface area contributed by atoms with Gasteiger partial charge >= 0.3 is 5.97 Å². The van der Waals surface area contributed by atoms with Gasteiger partial charge in [0.2, 0.25) is 5.91 Å². The predicted molar refractivity (Wildman–Crippen MR) is 63.8 cm³/mol. The van der Waals surface area contributed by atoms with E-state index in [1.165, 1.54) is 4.90 Å². The van der Waals surface area contributed by atoms with Gasteiger partial charge in [0.25, 0.3) is 0 Å². The zero-order valence-corrected chi connectivity index (χ0v) is 11.1. The fraction of sp³-hybridized carbons (Fsp3) is 0.818. The number of amides is 1. The molecular formula is C11H22N2O4. The van der Waals surface area contributed by atoms with E-state index in [9.17, 15) is 9.59 Å². The quantitative estimate of drug-likeness (QED) is 0.657. The Bertz CT molecular complexity index is 279. The Morgan fingerprint density at radius 1 is 1.47 bits per heavy atom. The van der Waals surface area contributed by atoms with E-state index < -0.39 is 11.5 Å². The van der Waals surface area contributed by atoms with E-state index >= 15 is 0 Å². The van der Waals surface area contributed by atoms with Crippen LogP contribution in [0, 0.1) is 0 Å². The second-order valence-electron chi connectivity index (χ2n) is 4.64. The van der Waals surface area contributed by atoms with Gasteiger partial charge in [0, 0.05) is 13.2 Å². The second kappa shape index (κ2) is 6.56. The first-order chi connectivity index (χ1) is 7.71. The summed E-state index contributed by atoms with van der Waals surface area (Å²) >= 11 is 0. The third kappa shape index (κ3) is 5.14. The van der Waals surface area contributed by atoms with Crippen molar-refractivity contribution in [1.82, 2.24) is 10.2 Å². The van der Waals surface area contributed by atoms with E-state index in [1.54, 1.807) is 28.0 Å². The highest BCUT2D eigenvalue weighted by Gasteiger charge is 2.33. The predicted octanol–water partition coefficient (Wildman–Crippen LogP) is -0.0675. The Labute approximate surface area is 102 Å². The number of carboxylic acid groups (broad SMARTS) is 1. The summed E-state index contributed by atoms with van der Waals surface area (Å²) in [5, 5.41) is 11.7. The van der Waals surface area contributed by atoms with Crippen LogP contribution in [0.4, 0.5) is 0 Å². The molecule has 0 bridgehead atoms. The summed E-state index contributed by atoms with van der Waals surface area (Å²) < 4.78 is 4.89. The number of hydrogen-bond acceptors (Lipinski definition) is 4. The fourth-order valence-electron chi connectivity index (χ4n) is 1.19. The number of methoxy groups -OCH3 is 1. The number of nitrogens with one attached hydrogen (secondary N) is 1. The van der Waals surface area contributed by atoms with Crippen LogP contribution >= 0.6 is 0 Å². The van der Waals surface area contributed by atoms with Crippen LogP contribution in [-0.2, 0) is 14.3 Å². The zero-order valence-electron chi connectivity index (χ0n) is 11.1. The summed E-state index contributed by atoms with van der Waals surface area (Å²) in [7, 11) is 3.16. The molecule has 0 aliphatic carbocycles. The largest absolute Gasteiger partial charge is 0.480 e. The Morgan fingerprint density at radius 3 is 2.41 bits per heavy atom. The molecule has 0 spiro atoms. The summed E-state index contributed by atoms with van der Waals surface area (Å²) in [4.78, 5) is 24.1. The molecule has 0 aliphatic rings. The highest BCUT2D eigenvalue weighted by molar-refractivity contribution is 5.81. The molecule has 0 saturated heterocycles. The molecule has 0 aliphatic heterocycles. The van der Waals surface area contributed by atoms with Crippen molar-refractivity contribution in [3.8, 4) is 0 Å². The lowest BCUT2D eigenvalue weighted by Gasteiger charge is -2.31. The molecule has 1 unspecified atom stereocenters. The maximum Gasteiger partial charge on any atom is 0.323 e. The van der Waals surface area contributed by atoms with Gasteiger partial charge in [-0.15, -0.1) is 0 Å². The molecule has 0 rings (SSSR count). The molecule has 100 valence electrons. The van der Waals surface area contributed by atoms with Crippen molar-refractivity contribution < 1.29 is 19.4 Å². The molecule has 0 fully saturated rings. The van der Waals surface area contributed by atoms with Crippen LogP contribution in [0.5, 0.6) is 0 Å². The van der Waals surface area contributed by atoms with Gasteiger partial charge in [0.05, 0.1) is 13.2 Å². The highest BCUT2D eigenvalue weighted by Crippen LogP contribution is 2.11. The summed E-state index contributed by atoms with van der Waals surface area (Å²) in [6, 6.07) is -0.0890. The third-order valence-electron chi connectivity index (χ3n) is 2.68. The average Bonchev–Trinajstić information content (AvgIpc) is 2.16. The highest BCUT2D eigenvalue weighted by atomic mass is 16.5. The van der Waals surface area contributed by atoms with Gasteiger partial charge in [-0.05, 0) is 27.8 Å². The van der Waals surface area contributed by atoms with Crippen LogP contribution in [0.15, 0.2) is 0 Å². The Kier molecular flexibility index (Phi) is 6.12. The molecule has 0 saturated carbocycles. The van der Waals surface area contributed by atoms with E-state index in [0.29, 0.717) is 6.61 Å². The normalized spacial score (nSPS) is 13.5. The number of nitrogens with zero attached hydrogens (tertiary/aromatic N) is 1. The van der Waals surface area contributed by atoms with Crippen molar-refractivity contribution in [3.63, 3.8) is 0 Å². The minimum atomic E-state index is -1.07. The number of rotatable bonds is 7. The first-order valence-electron chi connectivity index (χ1n) is 5.44. The van der Waals surface area contributed by atoms with E-state index in [-0.39, 0.29) is 18.5 Å². The van der Waals surface area contributed by atoms with Crippen LogP contribution in [0.25, 0.3) is 0 Å². The molecule has 0 aromatic rings. The van der Waals surface area contributed by atoms with Crippen LogP contribution in [0.3, 0.4) is 0 Å². The van der Waals surface area contributed by atoms with Gasteiger partial charge < -0.3 is 15.2 Å². The smallest absolute Gasteiger partial charge is 0.323 e.